The topological polar surface area (TPSA) is 96.3 Å². The SMILES string of the molecule is N#Cc1ccc(Nc2cncc(C(=O)Nc3ccc4c(c3)OCO4)c2)cc1. The minimum absolute atomic E-state index is 0.180. The standard InChI is InChI=1S/C20H14N4O3/c21-9-13-1-3-15(4-2-13)23-17-7-14(10-22-11-17)20(25)24-16-5-6-18-19(8-16)27-12-26-18/h1-8,10-11,23H,12H2,(H,24,25). The number of amides is 1. The van der Waals surface area contributed by atoms with Gasteiger partial charge in [0.05, 0.1) is 29.1 Å². The van der Waals surface area contributed by atoms with Crippen molar-refractivity contribution in [1.82, 2.24) is 4.98 Å². The van der Waals surface area contributed by atoms with Gasteiger partial charge in [-0.3, -0.25) is 9.78 Å². The van der Waals surface area contributed by atoms with Gasteiger partial charge in [0.25, 0.3) is 5.91 Å². The van der Waals surface area contributed by atoms with E-state index in [1.165, 1.54) is 6.20 Å². The third kappa shape index (κ3) is 3.65. The quantitative estimate of drug-likeness (QED) is 0.738. The maximum atomic E-state index is 12.5. The molecule has 0 unspecified atom stereocenters. The van der Waals surface area contributed by atoms with Crippen molar-refractivity contribution < 1.29 is 14.3 Å². The van der Waals surface area contributed by atoms with Crippen molar-refractivity contribution in [3.63, 3.8) is 0 Å². The Balaban J connectivity index is 1.48. The second-order valence-electron chi connectivity index (χ2n) is 5.80. The van der Waals surface area contributed by atoms with Crippen LogP contribution < -0.4 is 20.1 Å². The van der Waals surface area contributed by atoms with Gasteiger partial charge >= 0.3 is 0 Å². The van der Waals surface area contributed by atoms with Crippen LogP contribution in [0.3, 0.4) is 0 Å². The van der Waals surface area contributed by atoms with Gasteiger partial charge in [0.15, 0.2) is 11.5 Å². The molecule has 4 rings (SSSR count). The Hall–Kier alpha value is -4.05. The molecule has 1 amide bonds. The van der Waals surface area contributed by atoms with Crippen molar-refractivity contribution in [1.29, 1.82) is 5.26 Å². The normalized spacial score (nSPS) is 11.5. The number of nitrogens with zero attached hydrogens (tertiary/aromatic N) is 2. The molecule has 1 aliphatic heterocycles. The van der Waals surface area contributed by atoms with Crippen LogP contribution in [0.15, 0.2) is 60.9 Å². The predicted octanol–water partition coefficient (Wildman–Crippen LogP) is 3.68. The number of rotatable bonds is 4. The van der Waals surface area contributed by atoms with E-state index in [0.717, 1.165) is 5.69 Å². The summed E-state index contributed by atoms with van der Waals surface area (Å²) < 4.78 is 10.6. The second kappa shape index (κ2) is 7.06. The molecule has 7 heteroatoms. The Morgan fingerprint density at radius 2 is 1.74 bits per heavy atom. The number of hydrogen-bond acceptors (Lipinski definition) is 6. The van der Waals surface area contributed by atoms with Crippen molar-refractivity contribution in [3.05, 3.63) is 72.1 Å². The maximum Gasteiger partial charge on any atom is 0.257 e. The minimum atomic E-state index is -0.287. The number of hydrogen-bond donors (Lipinski definition) is 2. The van der Waals surface area contributed by atoms with E-state index in [4.69, 9.17) is 14.7 Å². The Morgan fingerprint density at radius 3 is 2.56 bits per heavy atom. The van der Waals surface area contributed by atoms with Gasteiger partial charge in [-0.05, 0) is 42.5 Å². The van der Waals surface area contributed by atoms with Gasteiger partial charge in [-0.1, -0.05) is 0 Å². The Kier molecular flexibility index (Phi) is 4.29. The lowest BCUT2D eigenvalue weighted by molar-refractivity contribution is 0.102. The highest BCUT2D eigenvalue weighted by Crippen LogP contribution is 2.34. The molecular weight excluding hydrogens is 344 g/mol. The summed E-state index contributed by atoms with van der Waals surface area (Å²) in [6, 6.07) is 16.0. The summed E-state index contributed by atoms with van der Waals surface area (Å²) >= 11 is 0. The molecule has 0 atom stereocenters. The smallest absolute Gasteiger partial charge is 0.257 e. The fraction of sp³-hybridized carbons (Fsp3) is 0.0500. The third-order valence-corrected chi connectivity index (χ3v) is 3.93. The van der Waals surface area contributed by atoms with Crippen LogP contribution in [-0.2, 0) is 0 Å². The highest BCUT2D eigenvalue weighted by molar-refractivity contribution is 6.04. The molecule has 2 aromatic carbocycles. The number of nitriles is 1. The van der Waals surface area contributed by atoms with Crippen molar-refractivity contribution >= 4 is 23.0 Å². The lowest BCUT2D eigenvalue weighted by atomic mass is 10.2. The van der Waals surface area contributed by atoms with E-state index >= 15 is 0 Å². The molecule has 1 aromatic heterocycles. The minimum Gasteiger partial charge on any atom is -0.454 e. The summed E-state index contributed by atoms with van der Waals surface area (Å²) in [5.41, 5.74) is 3.05. The molecular formula is C20H14N4O3. The Labute approximate surface area is 155 Å². The molecule has 0 saturated heterocycles. The van der Waals surface area contributed by atoms with Gasteiger partial charge in [0.2, 0.25) is 6.79 Å². The van der Waals surface area contributed by atoms with E-state index in [-0.39, 0.29) is 12.7 Å². The average molecular weight is 358 g/mol. The summed E-state index contributed by atoms with van der Waals surface area (Å²) in [4.78, 5) is 16.6. The maximum absolute atomic E-state index is 12.5. The van der Waals surface area contributed by atoms with Gasteiger partial charge in [-0.2, -0.15) is 5.26 Å². The average Bonchev–Trinajstić information content (AvgIpc) is 3.16. The fourth-order valence-corrected chi connectivity index (χ4v) is 2.60. The van der Waals surface area contributed by atoms with E-state index in [1.807, 2.05) is 0 Å². The first-order chi connectivity index (χ1) is 13.2. The molecule has 1 aliphatic rings. The summed E-state index contributed by atoms with van der Waals surface area (Å²) in [5.74, 6) is 0.968. The van der Waals surface area contributed by atoms with Crippen LogP contribution in [0, 0.1) is 11.3 Å². The van der Waals surface area contributed by atoms with Crippen LogP contribution in [0.2, 0.25) is 0 Å². The van der Waals surface area contributed by atoms with Gasteiger partial charge < -0.3 is 20.1 Å². The van der Waals surface area contributed by atoms with Crippen molar-refractivity contribution in [2.24, 2.45) is 0 Å². The molecule has 7 nitrogen and oxygen atoms in total. The van der Waals surface area contributed by atoms with Crippen LogP contribution in [0.25, 0.3) is 0 Å². The molecule has 0 radical (unpaired) electrons. The van der Waals surface area contributed by atoms with Crippen molar-refractivity contribution in [2.45, 2.75) is 0 Å². The first-order valence-electron chi connectivity index (χ1n) is 8.14. The molecule has 0 aliphatic carbocycles. The van der Waals surface area contributed by atoms with Crippen molar-refractivity contribution in [2.75, 3.05) is 17.4 Å². The zero-order valence-corrected chi connectivity index (χ0v) is 14.1. The Bertz CT molecular complexity index is 1040. The molecule has 2 N–H and O–H groups in total. The van der Waals surface area contributed by atoms with Crippen LogP contribution in [0.4, 0.5) is 17.1 Å². The number of nitrogens with one attached hydrogen (secondary N) is 2. The largest absolute Gasteiger partial charge is 0.454 e. The summed E-state index contributed by atoms with van der Waals surface area (Å²) in [7, 11) is 0. The van der Waals surface area contributed by atoms with Crippen LogP contribution in [-0.4, -0.2) is 17.7 Å². The molecule has 0 fully saturated rings. The number of carbonyl (C=O) groups excluding carboxylic acids is 1. The van der Waals surface area contributed by atoms with Gasteiger partial charge in [-0.25, -0.2) is 0 Å². The third-order valence-electron chi connectivity index (χ3n) is 3.93. The molecule has 27 heavy (non-hydrogen) atoms. The monoisotopic (exact) mass is 358 g/mol. The Morgan fingerprint density at radius 1 is 0.963 bits per heavy atom. The van der Waals surface area contributed by atoms with Gasteiger partial charge in [0.1, 0.15) is 0 Å². The number of benzene rings is 2. The summed E-state index contributed by atoms with van der Waals surface area (Å²) in [5, 5.41) is 14.8. The number of aromatic nitrogens is 1. The lowest BCUT2D eigenvalue weighted by Gasteiger charge is -2.09. The first-order valence-corrected chi connectivity index (χ1v) is 8.14. The molecule has 132 valence electrons. The van der Waals surface area contributed by atoms with Crippen LogP contribution in [0.5, 0.6) is 11.5 Å². The van der Waals surface area contributed by atoms with E-state index in [1.54, 1.807) is 54.7 Å². The van der Waals surface area contributed by atoms with Crippen LogP contribution in [0.1, 0.15) is 15.9 Å². The highest BCUT2D eigenvalue weighted by Gasteiger charge is 2.15. The lowest BCUT2D eigenvalue weighted by Crippen LogP contribution is -2.12. The van der Waals surface area contributed by atoms with E-state index in [9.17, 15) is 4.79 Å². The summed E-state index contributed by atoms with van der Waals surface area (Å²) in [6.45, 7) is 0.180. The highest BCUT2D eigenvalue weighted by atomic mass is 16.7. The molecule has 0 saturated carbocycles. The number of anilines is 3. The number of pyridine rings is 1. The zero-order chi connectivity index (χ0) is 18.6. The van der Waals surface area contributed by atoms with Crippen LogP contribution >= 0.6 is 0 Å². The second-order valence-corrected chi connectivity index (χ2v) is 5.80. The van der Waals surface area contributed by atoms with Gasteiger partial charge in [0, 0.05) is 23.6 Å². The van der Waals surface area contributed by atoms with E-state index in [2.05, 4.69) is 21.7 Å². The zero-order valence-electron chi connectivity index (χ0n) is 14.1. The van der Waals surface area contributed by atoms with E-state index in [0.29, 0.717) is 34.0 Å². The predicted molar refractivity (Wildman–Crippen MR) is 99.2 cm³/mol. The molecule has 0 bridgehead atoms. The number of carbonyl (C=O) groups is 1. The molecule has 3 aromatic rings. The molecule has 2 heterocycles. The fourth-order valence-electron chi connectivity index (χ4n) is 2.60. The molecule has 0 spiro atoms. The number of ether oxygens (including phenoxy) is 2. The first kappa shape index (κ1) is 16.4. The number of fused-ring (bicyclic) bond motifs is 1. The summed E-state index contributed by atoms with van der Waals surface area (Å²) in [6.07, 6.45) is 3.11. The van der Waals surface area contributed by atoms with Gasteiger partial charge in [-0.15, -0.1) is 0 Å². The van der Waals surface area contributed by atoms with E-state index < -0.39 is 0 Å². The van der Waals surface area contributed by atoms with Crippen molar-refractivity contribution in [3.8, 4) is 17.6 Å².